The number of ether oxygens (including phenoxy) is 1. The Kier molecular flexibility index (Phi) is 8.36. The van der Waals surface area contributed by atoms with E-state index in [0.717, 1.165) is 54.9 Å². The summed E-state index contributed by atoms with van der Waals surface area (Å²) in [4.78, 5) is 37.7. The van der Waals surface area contributed by atoms with Crippen LogP contribution in [0.25, 0.3) is 11.3 Å². The van der Waals surface area contributed by atoms with Crippen LogP contribution in [0, 0.1) is 11.8 Å². The number of nitrogens with zero attached hydrogens (tertiary/aromatic N) is 3. The first kappa shape index (κ1) is 25.0. The van der Waals surface area contributed by atoms with Crippen molar-refractivity contribution in [1.82, 2.24) is 25.5 Å². The van der Waals surface area contributed by atoms with Crippen molar-refractivity contribution in [2.24, 2.45) is 10.7 Å². The molecule has 0 spiro atoms. The molecule has 2 aliphatic heterocycles. The molecule has 2 aliphatic rings. The molecule has 36 heavy (non-hydrogen) atoms. The number of amidine groups is 1. The summed E-state index contributed by atoms with van der Waals surface area (Å²) < 4.78 is 4.53. The first-order valence-corrected chi connectivity index (χ1v) is 12.0. The number of aromatic amines is 1. The fourth-order valence-electron chi connectivity index (χ4n) is 4.37. The summed E-state index contributed by atoms with van der Waals surface area (Å²) in [5.41, 5.74) is 8.69. The number of allylic oxidation sites excluding steroid dienone is 1. The topological polar surface area (TPSA) is 138 Å². The first-order valence-electron chi connectivity index (χ1n) is 12.0. The van der Waals surface area contributed by atoms with E-state index in [2.05, 4.69) is 42.2 Å². The van der Waals surface area contributed by atoms with Crippen LogP contribution in [-0.4, -0.2) is 65.5 Å². The van der Waals surface area contributed by atoms with Crippen LogP contribution in [0.3, 0.4) is 0 Å². The normalized spacial score (nSPS) is 19.8. The predicted octanol–water partition coefficient (Wildman–Crippen LogP) is 2.07. The Bertz CT molecular complexity index is 1180. The standard InChI is InChI=1S/C26H31N7O3/c1-36-26(35)31-17-23(34)33-15-5-8-22(33)25-30-16-21(32-25)19-11-9-18(10-12-19)6-2-3-13-29-24(27)20-7-4-14-28-20/h3,9-13,16,20,22,28H,4-5,7-8,14-15,17H2,1H3,(H2,27,29)(H,30,32)(H,31,35)/b13-3+/t20?,22-/m0/s1. The Balaban J connectivity index is 1.35. The third kappa shape index (κ3) is 6.31. The molecule has 2 aromatic rings. The molecule has 10 nitrogen and oxygen atoms in total. The van der Waals surface area contributed by atoms with Gasteiger partial charge >= 0.3 is 6.09 Å². The Hall–Kier alpha value is -4.10. The summed E-state index contributed by atoms with van der Waals surface area (Å²) >= 11 is 0. The number of alkyl carbamates (subject to hydrolysis) is 1. The van der Waals surface area contributed by atoms with Crippen molar-refractivity contribution in [3.63, 3.8) is 0 Å². The zero-order valence-corrected chi connectivity index (χ0v) is 20.3. The molecule has 2 saturated heterocycles. The van der Waals surface area contributed by atoms with Crippen molar-refractivity contribution in [2.75, 3.05) is 26.7 Å². The van der Waals surface area contributed by atoms with Crippen LogP contribution in [0.5, 0.6) is 0 Å². The second kappa shape index (κ2) is 12.0. The average molecular weight is 490 g/mol. The summed E-state index contributed by atoms with van der Waals surface area (Å²) in [5.74, 6) is 7.23. The lowest BCUT2D eigenvalue weighted by molar-refractivity contribution is -0.131. The molecule has 188 valence electrons. The molecule has 0 saturated carbocycles. The van der Waals surface area contributed by atoms with Gasteiger partial charge < -0.3 is 31.0 Å². The highest BCUT2D eigenvalue weighted by atomic mass is 16.5. The van der Waals surface area contributed by atoms with Gasteiger partial charge in [0.15, 0.2) is 0 Å². The molecule has 1 aromatic carbocycles. The molecule has 1 unspecified atom stereocenters. The first-order chi connectivity index (χ1) is 17.5. The third-order valence-electron chi connectivity index (χ3n) is 6.26. The van der Waals surface area contributed by atoms with E-state index in [1.165, 1.54) is 7.11 Å². The monoisotopic (exact) mass is 489 g/mol. The van der Waals surface area contributed by atoms with E-state index in [1.807, 2.05) is 24.3 Å². The van der Waals surface area contributed by atoms with Crippen LogP contribution in [0.2, 0.25) is 0 Å². The molecule has 0 aliphatic carbocycles. The number of rotatable bonds is 6. The van der Waals surface area contributed by atoms with Gasteiger partial charge in [0.2, 0.25) is 5.91 Å². The number of H-pyrrole nitrogens is 1. The van der Waals surface area contributed by atoms with Gasteiger partial charge in [0.25, 0.3) is 0 Å². The van der Waals surface area contributed by atoms with Crippen molar-refractivity contribution in [3.05, 3.63) is 54.1 Å². The van der Waals surface area contributed by atoms with Gasteiger partial charge in [-0.25, -0.2) is 14.8 Å². The van der Waals surface area contributed by atoms with E-state index in [0.29, 0.717) is 12.4 Å². The maximum Gasteiger partial charge on any atom is 0.407 e. The largest absolute Gasteiger partial charge is 0.453 e. The lowest BCUT2D eigenvalue weighted by atomic mass is 10.1. The van der Waals surface area contributed by atoms with E-state index in [1.54, 1.807) is 23.4 Å². The van der Waals surface area contributed by atoms with Crippen molar-refractivity contribution >= 4 is 17.8 Å². The van der Waals surface area contributed by atoms with Crippen LogP contribution >= 0.6 is 0 Å². The second-order valence-electron chi connectivity index (χ2n) is 8.64. The molecule has 0 radical (unpaired) electrons. The summed E-state index contributed by atoms with van der Waals surface area (Å²) in [6.07, 6.45) is 8.29. The molecule has 10 heteroatoms. The number of likely N-dealkylation sites (tertiary alicyclic amines) is 1. The van der Waals surface area contributed by atoms with Gasteiger partial charge in [0, 0.05) is 24.4 Å². The van der Waals surface area contributed by atoms with Crippen molar-refractivity contribution in [1.29, 1.82) is 0 Å². The number of methoxy groups -OCH3 is 1. The highest BCUT2D eigenvalue weighted by molar-refractivity contribution is 5.86. The molecule has 3 heterocycles. The van der Waals surface area contributed by atoms with Gasteiger partial charge in [0.05, 0.1) is 31.1 Å². The van der Waals surface area contributed by atoms with Gasteiger partial charge in [-0.15, -0.1) is 0 Å². The Morgan fingerprint density at radius 1 is 1.31 bits per heavy atom. The smallest absolute Gasteiger partial charge is 0.407 e. The summed E-state index contributed by atoms with van der Waals surface area (Å²) in [6.45, 7) is 1.50. The zero-order valence-electron chi connectivity index (χ0n) is 20.3. The zero-order chi connectivity index (χ0) is 25.3. The number of benzene rings is 1. The minimum Gasteiger partial charge on any atom is -0.453 e. The van der Waals surface area contributed by atoms with Gasteiger partial charge in [-0.3, -0.25) is 4.79 Å². The molecule has 4 rings (SSSR count). The van der Waals surface area contributed by atoms with Crippen molar-refractivity contribution in [2.45, 2.75) is 37.8 Å². The maximum atomic E-state index is 12.6. The minimum atomic E-state index is -0.626. The molecule has 0 bridgehead atoms. The van der Waals surface area contributed by atoms with Crippen LogP contribution in [0.15, 0.2) is 47.7 Å². The number of nitrogens with two attached hydrogens (primary N) is 1. The average Bonchev–Trinajstić information content (AvgIpc) is 3.68. The van der Waals surface area contributed by atoms with E-state index >= 15 is 0 Å². The number of aromatic nitrogens is 2. The maximum absolute atomic E-state index is 12.6. The highest BCUT2D eigenvalue weighted by Crippen LogP contribution is 2.31. The molecule has 1 aromatic heterocycles. The number of aliphatic imine (C=N–C) groups is 1. The molecule has 2 fully saturated rings. The third-order valence-corrected chi connectivity index (χ3v) is 6.26. The fraction of sp³-hybridized carbons (Fsp3) is 0.385. The number of nitrogens with one attached hydrogen (secondary N) is 3. The number of carbonyl (C=O) groups is 2. The lowest BCUT2D eigenvalue weighted by Crippen LogP contribution is -2.40. The number of amides is 2. The summed E-state index contributed by atoms with van der Waals surface area (Å²) in [5, 5.41) is 5.75. The Labute approximate surface area is 210 Å². The second-order valence-corrected chi connectivity index (χ2v) is 8.64. The summed E-state index contributed by atoms with van der Waals surface area (Å²) in [7, 11) is 1.27. The predicted molar refractivity (Wildman–Crippen MR) is 137 cm³/mol. The number of carbonyl (C=O) groups excluding carboxylic acids is 2. The molecule has 5 N–H and O–H groups in total. The van der Waals surface area contributed by atoms with Gasteiger partial charge in [0.1, 0.15) is 18.2 Å². The van der Waals surface area contributed by atoms with Gasteiger partial charge in [-0.05, 0) is 49.9 Å². The van der Waals surface area contributed by atoms with Crippen molar-refractivity contribution < 1.29 is 14.3 Å². The molecule has 2 atom stereocenters. The van der Waals surface area contributed by atoms with E-state index in [-0.39, 0.29) is 24.5 Å². The Morgan fingerprint density at radius 2 is 2.14 bits per heavy atom. The fourth-order valence-corrected chi connectivity index (χ4v) is 4.37. The van der Waals surface area contributed by atoms with Gasteiger partial charge in [-0.1, -0.05) is 24.0 Å². The van der Waals surface area contributed by atoms with Crippen LogP contribution in [0.4, 0.5) is 4.79 Å². The van der Waals surface area contributed by atoms with E-state index in [4.69, 9.17) is 5.73 Å². The quantitative estimate of drug-likeness (QED) is 0.278. The number of hydrogen-bond donors (Lipinski definition) is 4. The highest BCUT2D eigenvalue weighted by Gasteiger charge is 2.32. The van der Waals surface area contributed by atoms with E-state index in [9.17, 15) is 9.59 Å². The van der Waals surface area contributed by atoms with Crippen LogP contribution in [0.1, 0.15) is 43.1 Å². The van der Waals surface area contributed by atoms with Crippen LogP contribution < -0.4 is 16.4 Å². The number of imidazole rings is 1. The lowest BCUT2D eigenvalue weighted by Gasteiger charge is -2.23. The van der Waals surface area contributed by atoms with Crippen LogP contribution in [-0.2, 0) is 9.53 Å². The summed E-state index contributed by atoms with van der Waals surface area (Å²) in [6, 6.07) is 7.86. The molecular formula is C26H31N7O3. The van der Waals surface area contributed by atoms with Crippen molar-refractivity contribution in [3.8, 4) is 23.1 Å². The molecular weight excluding hydrogens is 458 g/mol. The van der Waals surface area contributed by atoms with Gasteiger partial charge in [-0.2, -0.15) is 0 Å². The molecule has 2 amide bonds. The SMILES string of the molecule is COC(=O)NCC(=O)N1CCC[C@H]1c1ncc(-c2ccc(C#C/C=C/N=C(N)C3CCCN3)cc2)[nH]1. The Morgan fingerprint density at radius 3 is 2.89 bits per heavy atom. The van der Waals surface area contributed by atoms with E-state index < -0.39 is 6.09 Å². The number of hydrogen-bond acceptors (Lipinski definition) is 6. The minimum absolute atomic E-state index is 0.105.